The van der Waals surface area contributed by atoms with E-state index in [2.05, 4.69) is 22.4 Å². The van der Waals surface area contributed by atoms with Gasteiger partial charge in [0.05, 0.1) is 13.2 Å². The van der Waals surface area contributed by atoms with Gasteiger partial charge in [0.1, 0.15) is 0 Å². The summed E-state index contributed by atoms with van der Waals surface area (Å²) < 4.78 is 16.9. The van der Waals surface area contributed by atoms with Crippen molar-refractivity contribution >= 4 is 0 Å². The third-order valence-electron chi connectivity index (χ3n) is 4.46. The van der Waals surface area contributed by atoms with Crippen LogP contribution in [-0.4, -0.2) is 36.4 Å². The van der Waals surface area contributed by atoms with Gasteiger partial charge in [0, 0.05) is 18.0 Å². The normalized spacial score (nSPS) is 16.3. The molecule has 1 saturated carbocycles. The summed E-state index contributed by atoms with van der Waals surface area (Å²) in [5, 5.41) is 7.21. The largest absolute Gasteiger partial charge is 0.493 e. The van der Waals surface area contributed by atoms with E-state index >= 15 is 0 Å². The molecule has 1 unspecified atom stereocenters. The van der Waals surface area contributed by atoms with Gasteiger partial charge in [-0.3, -0.25) is 0 Å². The lowest BCUT2D eigenvalue weighted by molar-refractivity contribution is 0.201. The summed E-state index contributed by atoms with van der Waals surface area (Å²) in [5.41, 5.74) is 0.835. The molecule has 1 aliphatic carbocycles. The van der Waals surface area contributed by atoms with Gasteiger partial charge in [0.15, 0.2) is 17.3 Å². The molecule has 24 heavy (non-hydrogen) atoms. The first kappa shape index (κ1) is 16.8. The lowest BCUT2D eigenvalue weighted by Gasteiger charge is -2.16. The van der Waals surface area contributed by atoms with Crippen LogP contribution in [0.5, 0.6) is 11.5 Å². The molecule has 2 aromatic rings. The van der Waals surface area contributed by atoms with Crippen molar-refractivity contribution in [2.45, 2.75) is 51.2 Å². The van der Waals surface area contributed by atoms with Crippen LogP contribution in [0.15, 0.2) is 22.7 Å². The first-order valence-corrected chi connectivity index (χ1v) is 8.54. The third kappa shape index (κ3) is 3.87. The zero-order valence-corrected chi connectivity index (χ0v) is 14.5. The number of nitrogens with one attached hydrogen (secondary N) is 1. The number of methoxy groups -OCH3 is 1. The molecule has 0 radical (unpaired) electrons. The van der Waals surface area contributed by atoms with Crippen molar-refractivity contribution in [2.24, 2.45) is 0 Å². The molecular formula is C18H25N3O3. The SMILES string of the molecule is CNC(C)Cc1noc(-c2ccc(OC3CCCC3)c(OC)c2)n1. The summed E-state index contributed by atoms with van der Waals surface area (Å²) in [5.74, 6) is 2.66. The molecule has 1 aromatic heterocycles. The van der Waals surface area contributed by atoms with Crippen LogP contribution >= 0.6 is 0 Å². The van der Waals surface area contributed by atoms with Gasteiger partial charge in [-0.1, -0.05) is 5.16 Å². The zero-order valence-electron chi connectivity index (χ0n) is 14.5. The van der Waals surface area contributed by atoms with Crippen molar-refractivity contribution in [1.82, 2.24) is 15.5 Å². The Balaban J connectivity index is 1.76. The highest BCUT2D eigenvalue weighted by Crippen LogP contribution is 2.34. The molecule has 1 fully saturated rings. The van der Waals surface area contributed by atoms with E-state index in [9.17, 15) is 0 Å². The van der Waals surface area contributed by atoms with E-state index in [-0.39, 0.29) is 0 Å². The van der Waals surface area contributed by atoms with E-state index in [4.69, 9.17) is 14.0 Å². The molecule has 1 heterocycles. The zero-order chi connectivity index (χ0) is 16.9. The van der Waals surface area contributed by atoms with Crippen LogP contribution in [-0.2, 0) is 6.42 Å². The average Bonchev–Trinajstić information content (AvgIpc) is 3.27. The van der Waals surface area contributed by atoms with Gasteiger partial charge in [-0.2, -0.15) is 4.98 Å². The number of hydrogen-bond donors (Lipinski definition) is 1. The molecule has 1 N–H and O–H groups in total. The summed E-state index contributed by atoms with van der Waals surface area (Å²) in [6.45, 7) is 2.08. The first-order chi connectivity index (χ1) is 11.7. The third-order valence-corrected chi connectivity index (χ3v) is 4.46. The van der Waals surface area contributed by atoms with Crippen LogP contribution in [0.4, 0.5) is 0 Å². The summed E-state index contributed by atoms with van der Waals surface area (Å²) >= 11 is 0. The number of aromatic nitrogens is 2. The van der Waals surface area contributed by atoms with Crippen molar-refractivity contribution < 1.29 is 14.0 Å². The monoisotopic (exact) mass is 331 g/mol. The van der Waals surface area contributed by atoms with Crippen molar-refractivity contribution in [1.29, 1.82) is 0 Å². The van der Waals surface area contributed by atoms with Gasteiger partial charge < -0.3 is 19.3 Å². The first-order valence-electron chi connectivity index (χ1n) is 8.54. The Morgan fingerprint density at radius 3 is 2.79 bits per heavy atom. The Morgan fingerprint density at radius 2 is 2.08 bits per heavy atom. The number of likely N-dealkylation sites (N-methyl/N-ethyl adjacent to an activating group) is 1. The van der Waals surface area contributed by atoms with Gasteiger partial charge in [-0.25, -0.2) is 0 Å². The number of nitrogens with zero attached hydrogens (tertiary/aromatic N) is 2. The molecule has 0 bridgehead atoms. The van der Waals surface area contributed by atoms with Gasteiger partial charge in [0.25, 0.3) is 5.89 Å². The van der Waals surface area contributed by atoms with E-state index in [1.807, 2.05) is 25.2 Å². The van der Waals surface area contributed by atoms with Crippen LogP contribution in [0.3, 0.4) is 0 Å². The maximum atomic E-state index is 6.06. The fourth-order valence-corrected chi connectivity index (χ4v) is 2.91. The van der Waals surface area contributed by atoms with Crippen molar-refractivity contribution in [3.8, 4) is 23.0 Å². The van der Waals surface area contributed by atoms with E-state index in [1.54, 1.807) is 7.11 Å². The highest BCUT2D eigenvalue weighted by Gasteiger charge is 2.19. The Hall–Kier alpha value is -2.08. The average molecular weight is 331 g/mol. The minimum atomic E-state index is 0.294. The summed E-state index contributed by atoms with van der Waals surface area (Å²) in [6.07, 6.45) is 5.72. The van der Waals surface area contributed by atoms with E-state index in [1.165, 1.54) is 12.8 Å². The molecule has 0 spiro atoms. The minimum absolute atomic E-state index is 0.294. The predicted octanol–water partition coefficient (Wildman–Crippen LogP) is 3.22. The molecule has 1 aromatic carbocycles. The Kier molecular flexibility index (Phi) is 5.35. The molecule has 3 rings (SSSR count). The van der Waals surface area contributed by atoms with Crippen LogP contribution in [0, 0.1) is 0 Å². The van der Waals surface area contributed by atoms with Crippen molar-refractivity contribution in [3.05, 3.63) is 24.0 Å². The molecule has 130 valence electrons. The highest BCUT2D eigenvalue weighted by molar-refractivity contribution is 5.59. The van der Waals surface area contributed by atoms with E-state index in [0.717, 1.165) is 30.6 Å². The lowest BCUT2D eigenvalue weighted by Crippen LogP contribution is -2.24. The molecule has 0 amide bonds. The maximum Gasteiger partial charge on any atom is 0.258 e. The molecule has 0 saturated heterocycles. The van der Waals surface area contributed by atoms with Crippen LogP contribution in [0.2, 0.25) is 0 Å². The number of rotatable bonds is 7. The lowest BCUT2D eigenvalue weighted by atomic mass is 10.2. The topological polar surface area (TPSA) is 69.4 Å². The summed E-state index contributed by atoms with van der Waals surface area (Å²) in [4.78, 5) is 4.46. The molecule has 6 nitrogen and oxygen atoms in total. The number of ether oxygens (including phenoxy) is 2. The van der Waals surface area contributed by atoms with Crippen molar-refractivity contribution in [3.63, 3.8) is 0 Å². The van der Waals surface area contributed by atoms with Gasteiger partial charge in [-0.15, -0.1) is 0 Å². The van der Waals surface area contributed by atoms with Crippen molar-refractivity contribution in [2.75, 3.05) is 14.2 Å². The van der Waals surface area contributed by atoms with E-state index in [0.29, 0.717) is 29.6 Å². The van der Waals surface area contributed by atoms with E-state index < -0.39 is 0 Å². The minimum Gasteiger partial charge on any atom is -0.493 e. The Morgan fingerprint density at radius 1 is 1.29 bits per heavy atom. The molecule has 1 aliphatic rings. The second-order valence-electron chi connectivity index (χ2n) is 6.30. The maximum absolute atomic E-state index is 6.06. The molecule has 0 aliphatic heterocycles. The Bertz CT molecular complexity index is 665. The van der Waals surface area contributed by atoms with Gasteiger partial charge in [0.2, 0.25) is 0 Å². The van der Waals surface area contributed by atoms with Crippen LogP contribution in [0.1, 0.15) is 38.4 Å². The van der Waals surface area contributed by atoms with Crippen LogP contribution < -0.4 is 14.8 Å². The smallest absolute Gasteiger partial charge is 0.258 e. The van der Waals surface area contributed by atoms with Crippen LogP contribution in [0.25, 0.3) is 11.5 Å². The standard InChI is InChI=1S/C18H25N3O3/c1-12(19-2)10-17-20-18(24-21-17)13-8-9-15(16(11-13)22-3)23-14-6-4-5-7-14/h8-9,11-12,14,19H,4-7,10H2,1-3H3. The molecular weight excluding hydrogens is 306 g/mol. The second-order valence-corrected chi connectivity index (χ2v) is 6.30. The fraction of sp³-hybridized carbons (Fsp3) is 0.556. The summed E-state index contributed by atoms with van der Waals surface area (Å²) in [6, 6.07) is 6.05. The Labute approximate surface area is 142 Å². The summed E-state index contributed by atoms with van der Waals surface area (Å²) in [7, 11) is 3.56. The predicted molar refractivity (Wildman–Crippen MR) is 91.4 cm³/mol. The molecule has 6 heteroatoms. The molecule has 1 atom stereocenters. The van der Waals surface area contributed by atoms with Gasteiger partial charge >= 0.3 is 0 Å². The highest BCUT2D eigenvalue weighted by atomic mass is 16.5. The fourth-order valence-electron chi connectivity index (χ4n) is 2.91. The quantitative estimate of drug-likeness (QED) is 0.840. The van der Waals surface area contributed by atoms with Gasteiger partial charge in [-0.05, 0) is 57.9 Å². The second kappa shape index (κ2) is 7.66. The number of benzene rings is 1. The number of hydrogen-bond acceptors (Lipinski definition) is 6.